The van der Waals surface area contributed by atoms with Crippen molar-refractivity contribution in [3.63, 3.8) is 0 Å². The molecule has 32 heavy (non-hydrogen) atoms. The van der Waals surface area contributed by atoms with Crippen LogP contribution < -0.4 is 10.6 Å². The number of carbonyl (C=O) groups excluding carboxylic acids is 1. The van der Waals surface area contributed by atoms with Crippen LogP contribution in [0.3, 0.4) is 0 Å². The molecule has 2 aliphatic heterocycles. The van der Waals surface area contributed by atoms with E-state index < -0.39 is 0 Å². The van der Waals surface area contributed by atoms with E-state index in [1.807, 2.05) is 30.2 Å². The molecule has 5 rings (SSSR count). The Labute approximate surface area is 192 Å². The number of nitrogens with one attached hydrogen (secondary N) is 2. The maximum absolute atomic E-state index is 13.2. The average molecular weight is 449 g/mol. The Kier molecular flexibility index (Phi) is 5.20. The van der Waals surface area contributed by atoms with Gasteiger partial charge < -0.3 is 15.5 Å². The zero-order valence-corrected chi connectivity index (χ0v) is 19.7. The highest BCUT2D eigenvalue weighted by molar-refractivity contribution is 7.98. The topological polar surface area (TPSA) is 82.5 Å². The average Bonchev–Trinajstić information content (AvgIpc) is 3.32. The highest BCUT2D eigenvalue weighted by Gasteiger charge is 2.47. The minimum absolute atomic E-state index is 0.00488. The lowest BCUT2D eigenvalue weighted by Crippen LogP contribution is -2.51. The summed E-state index contributed by atoms with van der Waals surface area (Å²) >= 11 is 1.51. The van der Waals surface area contributed by atoms with Crippen LogP contribution in [0.2, 0.25) is 0 Å². The van der Waals surface area contributed by atoms with Gasteiger partial charge >= 0.3 is 6.03 Å². The number of carbonyl (C=O) groups is 1. The van der Waals surface area contributed by atoms with Gasteiger partial charge in [0.15, 0.2) is 5.16 Å². The summed E-state index contributed by atoms with van der Waals surface area (Å²) in [7, 11) is 0. The van der Waals surface area contributed by atoms with E-state index in [0.29, 0.717) is 19.0 Å². The van der Waals surface area contributed by atoms with Gasteiger partial charge in [0.05, 0.1) is 18.6 Å². The highest BCUT2D eigenvalue weighted by Crippen LogP contribution is 2.42. The monoisotopic (exact) mass is 448 g/mol. The fourth-order valence-corrected chi connectivity index (χ4v) is 5.09. The van der Waals surface area contributed by atoms with Crippen molar-refractivity contribution in [2.75, 3.05) is 24.7 Å². The summed E-state index contributed by atoms with van der Waals surface area (Å²) in [6.45, 7) is 7.32. The Morgan fingerprint density at radius 2 is 2.00 bits per heavy atom. The second-order valence-electron chi connectivity index (χ2n) is 9.08. The molecule has 1 fully saturated rings. The van der Waals surface area contributed by atoms with Crippen molar-refractivity contribution in [3.05, 3.63) is 58.8 Å². The first-order chi connectivity index (χ1) is 15.4. The van der Waals surface area contributed by atoms with Gasteiger partial charge in [0.2, 0.25) is 0 Å². The molecule has 3 aliphatic rings. The molecule has 2 N–H and O–H groups in total. The summed E-state index contributed by atoms with van der Waals surface area (Å²) in [5.41, 5.74) is 4.12. The maximum Gasteiger partial charge on any atom is 0.318 e. The zero-order valence-electron chi connectivity index (χ0n) is 18.8. The Hall–Kier alpha value is -2.87. The number of anilines is 1. The Morgan fingerprint density at radius 1 is 1.22 bits per heavy atom. The quantitative estimate of drug-likeness (QED) is 0.546. The summed E-state index contributed by atoms with van der Waals surface area (Å²) in [5.74, 6) is 1.96. The molecular weight excluding hydrogens is 420 g/mol. The van der Waals surface area contributed by atoms with E-state index in [1.54, 1.807) is 0 Å². The van der Waals surface area contributed by atoms with Crippen LogP contribution in [-0.2, 0) is 0 Å². The number of amides is 2. The Morgan fingerprint density at radius 3 is 2.75 bits per heavy atom. The number of aromatic nitrogens is 2. The van der Waals surface area contributed by atoms with Crippen LogP contribution in [0.15, 0.2) is 57.7 Å². The summed E-state index contributed by atoms with van der Waals surface area (Å²) in [6, 6.07) is 12.5. The van der Waals surface area contributed by atoms with E-state index >= 15 is 0 Å². The summed E-state index contributed by atoms with van der Waals surface area (Å²) in [5, 5.41) is 7.36. The highest BCUT2D eigenvalue weighted by atomic mass is 32.2. The van der Waals surface area contributed by atoms with Gasteiger partial charge in [-0.2, -0.15) is 0 Å². The molecule has 2 aromatic rings. The van der Waals surface area contributed by atoms with Crippen molar-refractivity contribution in [1.29, 1.82) is 0 Å². The van der Waals surface area contributed by atoms with Gasteiger partial charge in [-0.15, -0.1) is 0 Å². The second-order valence-corrected chi connectivity index (χ2v) is 9.86. The maximum atomic E-state index is 13.2. The molecule has 1 saturated carbocycles. The molecule has 166 valence electrons. The Balaban J connectivity index is 1.27. The molecule has 2 atom stereocenters. The fraction of sp³-hybridized carbons (Fsp3) is 0.417. The molecular formula is C24H28N6OS. The van der Waals surface area contributed by atoms with Crippen LogP contribution >= 0.6 is 11.8 Å². The van der Waals surface area contributed by atoms with Gasteiger partial charge in [-0.3, -0.25) is 4.99 Å². The van der Waals surface area contributed by atoms with Crippen molar-refractivity contribution in [3.8, 4) is 0 Å². The van der Waals surface area contributed by atoms with E-state index in [4.69, 9.17) is 4.99 Å². The second kappa shape index (κ2) is 7.92. The first-order valence-electron chi connectivity index (χ1n) is 10.9. The van der Waals surface area contributed by atoms with Crippen LogP contribution in [-0.4, -0.2) is 57.7 Å². The smallest absolute Gasteiger partial charge is 0.318 e. The van der Waals surface area contributed by atoms with Gasteiger partial charge in [0, 0.05) is 29.3 Å². The number of aryl methyl sites for hydroxylation is 1. The van der Waals surface area contributed by atoms with E-state index in [2.05, 4.69) is 58.7 Å². The SMILES string of the molecule is CSc1nc(C)cc(NC2=NCC3=C2CN(C(=O)NC2CC2c2ccccc2)C3(C)C)n1. The summed E-state index contributed by atoms with van der Waals surface area (Å²) in [4.78, 5) is 28.8. The predicted molar refractivity (Wildman–Crippen MR) is 128 cm³/mol. The molecule has 0 radical (unpaired) electrons. The van der Waals surface area contributed by atoms with Crippen LogP contribution in [0.1, 0.15) is 37.4 Å². The lowest BCUT2D eigenvalue weighted by molar-refractivity contribution is 0.170. The summed E-state index contributed by atoms with van der Waals surface area (Å²) < 4.78 is 0. The number of aliphatic imine (C=N–C) groups is 1. The van der Waals surface area contributed by atoms with Crippen LogP contribution in [0.4, 0.5) is 10.6 Å². The lowest BCUT2D eigenvalue weighted by Gasteiger charge is -2.34. The number of urea groups is 1. The molecule has 1 aromatic heterocycles. The minimum atomic E-state index is -0.379. The van der Waals surface area contributed by atoms with E-state index in [-0.39, 0.29) is 17.6 Å². The molecule has 7 nitrogen and oxygen atoms in total. The van der Waals surface area contributed by atoms with Gasteiger partial charge in [0.25, 0.3) is 0 Å². The van der Waals surface area contributed by atoms with E-state index in [1.165, 1.54) is 22.9 Å². The van der Waals surface area contributed by atoms with Crippen molar-refractivity contribution in [2.45, 2.75) is 49.8 Å². The standard InChI is InChI=1S/C24H28N6OS/c1-14-10-20(29-22(26-14)32-4)28-21-17-13-30(24(2,3)18(17)12-25-21)23(31)27-19-11-16(19)15-8-6-5-7-9-15/h5-10,16,19H,11-13H2,1-4H3,(H,27,31)(H,25,26,28,29). The number of benzene rings is 1. The molecule has 1 aliphatic carbocycles. The van der Waals surface area contributed by atoms with Crippen LogP contribution in [0.5, 0.6) is 0 Å². The number of rotatable bonds is 4. The van der Waals surface area contributed by atoms with Crippen molar-refractivity contribution >= 4 is 29.4 Å². The largest absolute Gasteiger partial charge is 0.335 e. The van der Waals surface area contributed by atoms with E-state index in [0.717, 1.165) is 34.5 Å². The Bertz CT molecular complexity index is 1130. The first-order valence-corrected chi connectivity index (χ1v) is 12.2. The number of hydrogen-bond acceptors (Lipinski definition) is 6. The van der Waals surface area contributed by atoms with Crippen molar-refractivity contribution < 1.29 is 4.79 Å². The third-order valence-electron chi connectivity index (χ3n) is 6.61. The summed E-state index contributed by atoms with van der Waals surface area (Å²) in [6.07, 6.45) is 2.96. The molecule has 0 spiro atoms. The third kappa shape index (κ3) is 3.77. The first kappa shape index (κ1) is 21.0. The number of hydrogen-bond donors (Lipinski definition) is 2. The number of nitrogens with zero attached hydrogens (tertiary/aromatic N) is 4. The molecule has 2 amide bonds. The normalized spacial score (nSPS) is 23.1. The van der Waals surface area contributed by atoms with Crippen LogP contribution in [0.25, 0.3) is 0 Å². The fourth-order valence-electron chi connectivity index (χ4n) is 4.66. The third-order valence-corrected chi connectivity index (χ3v) is 7.16. The van der Waals surface area contributed by atoms with Crippen molar-refractivity contribution in [2.24, 2.45) is 4.99 Å². The minimum Gasteiger partial charge on any atom is -0.335 e. The molecule has 0 saturated heterocycles. The van der Waals surface area contributed by atoms with Gasteiger partial charge in [0.1, 0.15) is 11.7 Å². The van der Waals surface area contributed by atoms with Gasteiger partial charge in [-0.25, -0.2) is 14.8 Å². The van der Waals surface area contributed by atoms with Crippen molar-refractivity contribution in [1.82, 2.24) is 20.2 Å². The zero-order chi connectivity index (χ0) is 22.5. The predicted octanol–water partition coefficient (Wildman–Crippen LogP) is 3.99. The lowest BCUT2D eigenvalue weighted by atomic mass is 9.94. The van der Waals surface area contributed by atoms with Gasteiger partial charge in [-0.05, 0) is 44.6 Å². The number of amidine groups is 1. The van der Waals surface area contributed by atoms with E-state index in [9.17, 15) is 4.79 Å². The van der Waals surface area contributed by atoms with Gasteiger partial charge in [-0.1, -0.05) is 42.1 Å². The number of thioether (sulfide) groups is 1. The molecule has 8 heteroatoms. The molecule has 1 aromatic carbocycles. The molecule has 2 unspecified atom stereocenters. The molecule has 0 bridgehead atoms. The molecule has 3 heterocycles. The van der Waals surface area contributed by atoms with Crippen LogP contribution in [0, 0.1) is 6.92 Å².